The summed E-state index contributed by atoms with van der Waals surface area (Å²) in [5.41, 5.74) is 1.67. The molecular formula is C14H15ClN4. The molecule has 0 bridgehead atoms. The van der Waals surface area contributed by atoms with Gasteiger partial charge in [0.15, 0.2) is 0 Å². The molecule has 0 aliphatic rings. The Kier molecular flexibility index (Phi) is 5.73. The fourth-order valence-electron chi connectivity index (χ4n) is 1.73. The van der Waals surface area contributed by atoms with E-state index in [1.54, 1.807) is 12.1 Å². The maximum Gasteiger partial charge on any atom is 0.145 e. The van der Waals surface area contributed by atoms with E-state index in [0.29, 0.717) is 5.02 Å². The van der Waals surface area contributed by atoms with Crippen LogP contribution in [-0.2, 0) is 0 Å². The van der Waals surface area contributed by atoms with E-state index in [1.807, 2.05) is 32.0 Å². The Hall–Kier alpha value is -2.17. The Morgan fingerprint density at radius 1 is 1.32 bits per heavy atom. The molecule has 19 heavy (non-hydrogen) atoms. The van der Waals surface area contributed by atoms with E-state index in [1.165, 1.54) is 6.20 Å². The highest BCUT2D eigenvalue weighted by atomic mass is 35.5. The van der Waals surface area contributed by atoms with Crippen LogP contribution >= 0.6 is 11.6 Å². The highest BCUT2D eigenvalue weighted by molar-refractivity contribution is 6.34. The second-order valence-electron chi connectivity index (χ2n) is 3.73. The van der Waals surface area contributed by atoms with E-state index in [4.69, 9.17) is 22.1 Å². The van der Waals surface area contributed by atoms with Crippen molar-refractivity contribution in [2.45, 2.75) is 13.8 Å². The van der Waals surface area contributed by atoms with E-state index in [0.717, 1.165) is 24.5 Å². The van der Waals surface area contributed by atoms with Gasteiger partial charge in [-0.1, -0.05) is 17.7 Å². The molecule has 0 radical (unpaired) electrons. The number of nitriles is 2. The number of hydrogen-bond donors (Lipinski definition) is 1. The fourth-order valence-corrected chi connectivity index (χ4v) is 2.03. The third-order valence-corrected chi connectivity index (χ3v) is 2.98. The minimum atomic E-state index is 0.0190. The van der Waals surface area contributed by atoms with Crippen LogP contribution in [0.1, 0.15) is 13.8 Å². The minimum absolute atomic E-state index is 0.0190. The number of allylic oxidation sites excluding steroid dienone is 1. The number of nitrogens with one attached hydrogen (secondary N) is 1. The van der Waals surface area contributed by atoms with Crippen LogP contribution in [0.3, 0.4) is 0 Å². The van der Waals surface area contributed by atoms with Gasteiger partial charge in [0.2, 0.25) is 0 Å². The van der Waals surface area contributed by atoms with Gasteiger partial charge in [0.05, 0.1) is 16.4 Å². The first kappa shape index (κ1) is 14.9. The number of benzene rings is 1. The molecule has 0 fully saturated rings. The average Bonchev–Trinajstić information content (AvgIpc) is 2.43. The van der Waals surface area contributed by atoms with Gasteiger partial charge >= 0.3 is 0 Å². The summed E-state index contributed by atoms with van der Waals surface area (Å²) in [6.07, 6.45) is 1.39. The lowest BCUT2D eigenvalue weighted by atomic mass is 10.2. The van der Waals surface area contributed by atoms with Gasteiger partial charge in [-0.2, -0.15) is 10.5 Å². The Bertz CT molecular complexity index is 532. The van der Waals surface area contributed by atoms with Gasteiger partial charge in [-0.25, -0.2) is 0 Å². The first-order valence-electron chi connectivity index (χ1n) is 5.98. The average molecular weight is 275 g/mol. The quantitative estimate of drug-likeness (QED) is 0.835. The van der Waals surface area contributed by atoms with Gasteiger partial charge in [-0.3, -0.25) is 0 Å². The lowest BCUT2D eigenvalue weighted by molar-refractivity contribution is 0.867. The molecule has 0 spiro atoms. The van der Waals surface area contributed by atoms with E-state index < -0.39 is 0 Å². The molecule has 1 N–H and O–H groups in total. The number of hydrogen-bond acceptors (Lipinski definition) is 4. The zero-order valence-electron chi connectivity index (χ0n) is 10.9. The van der Waals surface area contributed by atoms with Crippen LogP contribution < -0.4 is 10.2 Å². The Labute approximate surface area is 118 Å². The first-order valence-corrected chi connectivity index (χ1v) is 6.36. The van der Waals surface area contributed by atoms with Crippen molar-refractivity contribution in [3.8, 4) is 12.1 Å². The molecule has 1 aromatic carbocycles. The monoisotopic (exact) mass is 274 g/mol. The van der Waals surface area contributed by atoms with Crippen molar-refractivity contribution in [3.05, 3.63) is 35.0 Å². The summed E-state index contributed by atoms with van der Waals surface area (Å²) in [6, 6.07) is 9.11. The summed E-state index contributed by atoms with van der Waals surface area (Å²) in [5, 5.41) is 21.0. The summed E-state index contributed by atoms with van der Waals surface area (Å²) in [4.78, 5) is 2.11. The number of nitrogens with zero attached hydrogens (tertiary/aromatic N) is 3. The van der Waals surface area contributed by atoms with Crippen LogP contribution in [0.2, 0.25) is 5.02 Å². The first-order chi connectivity index (χ1) is 9.17. The molecule has 0 saturated carbocycles. The predicted octanol–water partition coefficient (Wildman–Crippen LogP) is 3.53. The molecule has 5 heteroatoms. The van der Waals surface area contributed by atoms with Crippen molar-refractivity contribution in [3.63, 3.8) is 0 Å². The van der Waals surface area contributed by atoms with E-state index in [-0.39, 0.29) is 5.57 Å². The molecule has 0 atom stereocenters. The predicted molar refractivity (Wildman–Crippen MR) is 77.9 cm³/mol. The Balaban J connectivity index is 3.16. The molecule has 0 aliphatic carbocycles. The van der Waals surface area contributed by atoms with Crippen molar-refractivity contribution < 1.29 is 0 Å². The third-order valence-electron chi connectivity index (χ3n) is 2.68. The number of anilines is 2. The molecule has 4 nitrogen and oxygen atoms in total. The van der Waals surface area contributed by atoms with Crippen LogP contribution in [0.25, 0.3) is 0 Å². The van der Waals surface area contributed by atoms with Gasteiger partial charge in [-0.05, 0) is 26.0 Å². The van der Waals surface area contributed by atoms with E-state index >= 15 is 0 Å². The highest BCUT2D eigenvalue weighted by Gasteiger charge is 2.11. The topological polar surface area (TPSA) is 62.9 Å². The zero-order valence-corrected chi connectivity index (χ0v) is 11.7. The lowest BCUT2D eigenvalue weighted by Gasteiger charge is -2.25. The molecule has 0 amide bonds. The number of rotatable bonds is 5. The van der Waals surface area contributed by atoms with Crippen LogP contribution in [0, 0.1) is 22.7 Å². The molecule has 1 aromatic rings. The summed E-state index contributed by atoms with van der Waals surface area (Å²) in [5.74, 6) is 0. The molecule has 0 heterocycles. The summed E-state index contributed by atoms with van der Waals surface area (Å²) in [6.45, 7) is 5.73. The molecule has 1 rings (SSSR count). The molecule has 98 valence electrons. The van der Waals surface area contributed by atoms with Gasteiger partial charge < -0.3 is 10.2 Å². The largest absolute Gasteiger partial charge is 0.369 e. The fraction of sp³-hybridized carbons (Fsp3) is 0.286. The maximum atomic E-state index is 8.71. The molecule has 0 aliphatic heterocycles. The number of para-hydroxylation sites is 1. The van der Waals surface area contributed by atoms with Crippen molar-refractivity contribution >= 4 is 23.0 Å². The lowest BCUT2D eigenvalue weighted by Crippen LogP contribution is -2.23. The van der Waals surface area contributed by atoms with Crippen molar-refractivity contribution in [2.24, 2.45) is 0 Å². The summed E-state index contributed by atoms with van der Waals surface area (Å²) < 4.78 is 0. The molecule has 0 unspecified atom stereocenters. The summed E-state index contributed by atoms with van der Waals surface area (Å²) >= 11 is 6.23. The van der Waals surface area contributed by atoms with Crippen molar-refractivity contribution in [2.75, 3.05) is 23.3 Å². The van der Waals surface area contributed by atoms with E-state index in [9.17, 15) is 0 Å². The molecule has 0 aromatic heterocycles. The Morgan fingerprint density at radius 3 is 2.47 bits per heavy atom. The third kappa shape index (κ3) is 3.64. The van der Waals surface area contributed by atoms with Crippen LogP contribution in [0.5, 0.6) is 0 Å². The standard InChI is InChI=1S/C14H15ClN4/c1-3-19(4-2)14-12(15)6-5-7-13(14)18-10-11(8-16)9-17/h5-7,10,18H,3-4H2,1-2H3. The van der Waals surface area contributed by atoms with Crippen LogP contribution in [-0.4, -0.2) is 13.1 Å². The maximum absolute atomic E-state index is 8.71. The van der Waals surface area contributed by atoms with Gasteiger partial charge in [0.25, 0.3) is 0 Å². The minimum Gasteiger partial charge on any atom is -0.369 e. The normalized spacial score (nSPS) is 9.11. The molecular weight excluding hydrogens is 260 g/mol. The zero-order chi connectivity index (χ0) is 14.3. The van der Waals surface area contributed by atoms with Gasteiger partial charge in [0, 0.05) is 19.3 Å². The van der Waals surface area contributed by atoms with Gasteiger partial charge in [-0.15, -0.1) is 0 Å². The second kappa shape index (κ2) is 7.31. The number of halogens is 1. The van der Waals surface area contributed by atoms with Gasteiger partial charge in [0.1, 0.15) is 17.7 Å². The Morgan fingerprint density at radius 2 is 1.95 bits per heavy atom. The van der Waals surface area contributed by atoms with Crippen molar-refractivity contribution in [1.82, 2.24) is 0 Å². The molecule has 0 saturated heterocycles. The second-order valence-corrected chi connectivity index (χ2v) is 4.14. The van der Waals surface area contributed by atoms with Crippen molar-refractivity contribution in [1.29, 1.82) is 10.5 Å². The van der Waals surface area contributed by atoms with Crippen LogP contribution in [0.4, 0.5) is 11.4 Å². The highest BCUT2D eigenvalue weighted by Crippen LogP contribution is 2.33. The van der Waals surface area contributed by atoms with Crippen LogP contribution in [0.15, 0.2) is 30.0 Å². The van der Waals surface area contributed by atoms with E-state index in [2.05, 4.69) is 10.2 Å². The smallest absolute Gasteiger partial charge is 0.145 e. The SMILES string of the molecule is CCN(CC)c1c(Cl)cccc1NC=C(C#N)C#N. The summed E-state index contributed by atoms with van der Waals surface area (Å²) in [7, 11) is 0.